The van der Waals surface area contributed by atoms with Crippen LogP contribution in [0.4, 0.5) is 28.4 Å². The summed E-state index contributed by atoms with van der Waals surface area (Å²) in [5.74, 6) is 1.41. The van der Waals surface area contributed by atoms with Gasteiger partial charge in [-0.15, -0.1) is 11.8 Å². The van der Waals surface area contributed by atoms with Gasteiger partial charge in [0.2, 0.25) is 6.71 Å². The highest BCUT2D eigenvalue weighted by Crippen LogP contribution is 2.67. The molecule has 5 aromatic carbocycles. The number of furan rings is 1. The first kappa shape index (κ1) is 35.5. The number of fused-ring (bicyclic) bond motifs is 10. The number of para-hydroxylation sites is 2. The molecule has 2 aliphatic carbocycles. The molecule has 0 saturated carbocycles. The molecule has 0 bridgehead atoms. The van der Waals surface area contributed by atoms with Crippen LogP contribution in [0.25, 0.3) is 15.9 Å². The molecular formula is C52H53BN2OS. The van der Waals surface area contributed by atoms with Gasteiger partial charge in [0.1, 0.15) is 11.3 Å². The highest BCUT2D eigenvalue weighted by atomic mass is 32.2. The van der Waals surface area contributed by atoms with Gasteiger partial charge in [-0.1, -0.05) is 117 Å². The van der Waals surface area contributed by atoms with Crippen molar-refractivity contribution in [2.45, 2.75) is 115 Å². The summed E-state index contributed by atoms with van der Waals surface area (Å²) in [5, 5.41) is 1.49. The number of nitrogens with zero attached hydrogens (tertiary/aromatic N) is 2. The van der Waals surface area contributed by atoms with Crippen LogP contribution in [0.3, 0.4) is 0 Å². The standard InChI is InChI=1S/C52H53BN2OS/c1-30-25-39-44-40(26-30)55(33-19-15-12-16-20-33)48-45(43-46(57-48)34-27-31(49(2,3)4)21-22-36(34)52(43,9)10)53(44)37-28-35-41(29-38(37)54(39)32-17-13-11-14-18-32)56-47-42(35)50(5,6)23-24-51(47,7)8/h11-22,25-29,45,48H,23-24H2,1-10H3. The maximum absolute atomic E-state index is 7.11. The maximum atomic E-state index is 7.11. The molecule has 0 saturated heterocycles. The van der Waals surface area contributed by atoms with Gasteiger partial charge in [-0.2, -0.15) is 0 Å². The molecular weight excluding hydrogens is 711 g/mol. The van der Waals surface area contributed by atoms with E-state index in [1.54, 1.807) is 5.57 Å². The Bertz CT molecular complexity index is 2710. The number of benzene rings is 5. The smallest absolute Gasteiger partial charge is 0.227 e. The molecule has 286 valence electrons. The molecule has 0 radical (unpaired) electrons. The van der Waals surface area contributed by atoms with Crippen LogP contribution in [0, 0.1) is 6.92 Å². The average Bonchev–Trinajstić information content (AvgIpc) is 3.82. The summed E-state index contributed by atoms with van der Waals surface area (Å²) >= 11 is 2.12. The summed E-state index contributed by atoms with van der Waals surface area (Å²) in [6.45, 7) is 24.1. The van der Waals surface area contributed by atoms with Crippen molar-refractivity contribution in [1.82, 2.24) is 0 Å². The van der Waals surface area contributed by atoms with Gasteiger partial charge in [-0.25, -0.2) is 0 Å². The number of thioether (sulfide) groups is 1. The molecule has 4 heterocycles. The number of aryl methyl sites for hydroxylation is 1. The largest absolute Gasteiger partial charge is 0.460 e. The Kier molecular flexibility index (Phi) is 7.19. The van der Waals surface area contributed by atoms with E-state index < -0.39 is 0 Å². The van der Waals surface area contributed by atoms with Gasteiger partial charge in [0.05, 0.1) is 5.37 Å². The van der Waals surface area contributed by atoms with Crippen LogP contribution in [0.2, 0.25) is 5.82 Å². The zero-order valence-electron chi connectivity index (χ0n) is 35.2. The fourth-order valence-corrected chi connectivity index (χ4v) is 13.3. The van der Waals surface area contributed by atoms with Crippen molar-refractivity contribution in [3.63, 3.8) is 0 Å². The summed E-state index contributed by atoms with van der Waals surface area (Å²) in [6.07, 6.45) is 2.27. The molecule has 0 N–H and O–H groups in total. The predicted octanol–water partition coefficient (Wildman–Crippen LogP) is 13.1. The normalized spacial score (nSPS) is 21.9. The zero-order chi connectivity index (χ0) is 39.6. The van der Waals surface area contributed by atoms with Crippen molar-refractivity contribution in [3.8, 4) is 0 Å². The Morgan fingerprint density at radius 3 is 2.11 bits per heavy atom. The van der Waals surface area contributed by atoms with Crippen LogP contribution < -0.4 is 20.7 Å². The summed E-state index contributed by atoms with van der Waals surface area (Å²) in [6, 6.07) is 39.6. The first-order valence-corrected chi connectivity index (χ1v) is 22.0. The molecule has 6 aromatic rings. The predicted molar refractivity (Wildman–Crippen MR) is 245 cm³/mol. The molecule has 2 atom stereocenters. The lowest BCUT2D eigenvalue weighted by atomic mass is 9.28. The van der Waals surface area contributed by atoms with Crippen LogP contribution in [-0.2, 0) is 21.7 Å². The summed E-state index contributed by atoms with van der Waals surface area (Å²) in [7, 11) is 0. The van der Waals surface area contributed by atoms with E-state index in [0.717, 1.165) is 18.4 Å². The van der Waals surface area contributed by atoms with Gasteiger partial charge < -0.3 is 14.2 Å². The fourth-order valence-electron chi connectivity index (χ4n) is 11.5. The van der Waals surface area contributed by atoms with E-state index in [0.29, 0.717) is 0 Å². The van der Waals surface area contributed by atoms with Gasteiger partial charge in [0.25, 0.3) is 0 Å². The Morgan fingerprint density at radius 2 is 1.40 bits per heavy atom. The van der Waals surface area contributed by atoms with Crippen molar-refractivity contribution < 1.29 is 4.42 Å². The second-order valence-electron chi connectivity index (χ2n) is 20.5. The molecule has 2 unspecified atom stereocenters. The third-order valence-corrected chi connectivity index (χ3v) is 15.9. The Morgan fingerprint density at radius 1 is 0.737 bits per heavy atom. The Hall–Kier alpha value is -4.61. The van der Waals surface area contributed by atoms with Gasteiger partial charge in [0.15, 0.2) is 0 Å². The van der Waals surface area contributed by atoms with Crippen LogP contribution >= 0.6 is 11.8 Å². The average molecular weight is 765 g/mol. The molecule has 5 heteroatoms. The third-order valence-electron chi connectivity index (χ3n) is 14.4. The number of anilines is 5. The van der Waals surface area contributed by atoms with Crippen molar-refractivity contribution in [2.75, 3.05) is 9.80 Å². The first-order valence-electron chi connectivity index (χ1n) is 21.1. The minimum atomic E-state index is -0.125. The van der Waals surface area contributed by atoms with Crippen molar-refractivity contribution in [1.29, 1.82) is 0 Å². The number of hydrogen-bond donors (Lipinski definition) is 0. The molecule has 1 aromatic heterocycles. The van der Waals surface area contributed by atoms with Gasteiger partial charge in [0, 0.05) is 67.0 Å². The SMILES string of the molecule is Cc1cc2c3c(c1)N(c1ccccc1)C1SC4=C(C1B3c1cc3c5c(oc3cc1N2c1ccccc1)C(C)(C)CCC5(C)C)C(C)(C)c1ccc(C(C)(C)C)cc14. The minimum absolute atomic E-state index is 0.0176. The van der Waals surface area contributed by atoms with E-state index in [9.17, 15) is 0 Å². The topological polar surface area (TPSA) is 19.6 Å². The van der Waals surface area contributed by atoms with Crippen LogP contribution in [0.1, 0.15) is 109 Å². The second kappa shape index (κ2) is 11.5. The van der Waals surface area contributed by atoms with Gasteiger partial charge in [-0.3, -0.25) is 0 Å². The zero-order valence-corrected chi connectivity index (χ0v) is 36.0. The van der Waals surface area contributed by atoms with Crippen LogP contribution in [0.15, 0.2) is 113 Å². The highest BCUT2D eigenvalue weighted by Gasteiger charge is 2.60. The summed E-state index contributed by atoms with van der Waals surface area (Å²) in [4.78, 5) is 6.77. The van der Waals surface area contributed by atoms with Crippen molar-refractivity contribution in [2.24, 2.45) is 0 Å². The lowest BCUT2D eigenvalue weighted by Crippen LogP contribution is -2.61. The van der Waals surface area contributed by atoms with Crippen LogP contribution in [-0.4, -0.2) is 12.1 Å². The lowest BCUT2D eigenvalue weighted by molar-refractivity contribution is 0.284. The van der Waals surface area contributed by atoms with Crippen molar-refractivity contribution in [3.05, 3.63) is 142 Å². The first-order chi connectivity index (χ1) is 27.1. The molecule has 0 amide bonds. The van der Waals surface area contributed by atoms with E-state index in [1.807, 2.05) is 0 Å². The molecule has 0 fully saturated rings. The van der Waals surface area contributed by atoms with Crippen LogP contribution in [0.5, 0.6) is 0 Å². The summed E-state index contributed by atoms with van der Waals surface area (Å²) < 4.78 is 7.11. The molecule has 3 nitrogen and oxygen atoms in total. The van der Waals surface area contributed by atoms with E-state index in [1.165, 1.54) is 83.2 Å². The van der Waals surface area contributed by atoms with E-state index in [-0.39, 0.29) is 39.6 Å². The van der Waals surface area contributed by atoms with E-state index in [2.05, 4.69) is 194 Å². The van der Waals surface area contributed by atoms with E-state index >= 15 is 0 Å². The second-order valence-corrected chi connectivity index (χ2v) is 21.6. The minimum Gasteiger partial charge on any atom is -0.460 e. The molecule has 11 rings (SSSR count). The van der Waals surface area contributed by atoms with Crippen molar-refractivity contribution >= 4 is 73.7 Å². The number of rotatable bonds is 2. The molecule has 5 aliphatic rings. The van der Waals surface area contributed by atoms with Gasteiger partial charge in [-0.05, 0) is 112 Å². The molecule has 0 spiro atoms. The fraction of sp³-hybridized carbons (Fsp3) is 0.346. The number of hydrogen-bond acceptors (Lipinski definition) is 4. The summed E-state index contributed by atoms with van der Waals surface area (Å²) in [5.41, 5.74) is 18.7. The monoisotopic (exact) mass is 764 g/mol. The third kappa shape index (κ3) is 4.81. The molecule has 57 heavy (non-hydrogen) atoms. The Balaban J connectivity index is 1.26. The lowest BCUT2D eigenvalue weighted by Gasteiger charge is -2.50. The highest BCUT2D eigenvalue weighted by molar-refractivity contribution is 8.09. The quantitative estimate of drug-likeness (QED) is 0.164. The Labute approximate surface area is 343 Å². The molecule has 3 aliphatic heterocycles. The van der Waals surface area contributed by atoms with E-state index in [4.69, 9.17) is 4.42 Å². The maximum Gasteiger partial charge on any atom is 0.227 e. The van der Waals surface area contributed by atoms with Gasteiger partial charge >= 0.3 is 0 Å².